The summed E-state index contributed by atoms with van der Waals surface area (Å²) in [5.74, 6) is -0.316. The number of fused-ring (bicyclic) bond motifs is 1. The van der Waals surface area contributed by atoms with E-state index in [0.717, 1.165) is 11.1 Å². The van der Waals surface area contributed by atoms with Gasteiger partial charge in [-0.25, -0.2) is 0 Å². The predicted octanol–water partition coefficient (Wildman–Crippen LogP) is 1.52. The Bertz CT molecular complexity index is 836. The highest BCUT2D eigenvalue weighted by atomic mass is 16.2. The Hall–Kier alpha value is -2.89. The van der Waals surface area contributed by atoms with Crippen molar-refractivity contribution in [2.75, 3.05) is 7.05 Å². The van der Waals surface area contributed by atoms with Crippen LogP contribution < -0.4 is 5.43 Å². The molecule has 3 rings (SSSR count). The Morgan fingerprint density at radius 1 is 1.29 bits per heavy atom. The molecule has 0 saturated heterocycles. The molecule has 1 aromatic carbocycles. The van der Waals surface area contributed by atoms with Crippen LogP contribution in [0.5, 0.6) is 0 Å². The Morgan fingerprint density at radius 2 is 2.10 bits per heavy atom. The molecule has 0 aliphatic rings. The van der Waals surface area contributed by atoms with Gasteiger partial charge < -0.3 is 9.88 Å². The number of H-pyrrole nitrogens is 2. The quantitative estimate of drug-likeness (QED) is 0.764. The van der Waals surface area contributed by atoms with Gasteiger partial charge in [-0.3, -0.25) is 14.7 Å². The van der Waals surface area contributed by atoms with Crippen molar-refractivity contribution >= 4 is 16.8 Å². The number of aromatic nitrogens is 3. The molecule has 0 bridgehead atoms. The third-order valence-corrected chi connectivity index (χ3v) is 3.34. The second-order valence-electron chi connectivity index (χ2n) is 4.84. The molecule has 6 heteroatoms. The van der Waals surface area contributed by atoms with Crippen LogP contribution in [0.4, 0.5) is 0 Å². The first-order chi connectivity index (χ1) is 10.2. The van der Waals surface area contributed by atoms with Crippen LogP contribution in [-0.2, 0) is 6.54 Å². The molecule has 21 heavy (non-hydrogen) atoms. The summed E-state index contributed by atoms with van der Waals surface area (Å²) in [6.07, 6.45) is 4.83. The van der Waals surface area contributed by atoms with Gasteiger partial charge in [0.25, 0.3) is 5.91 Å². The molecule has 2 aromatic heterocycles. The average molecular weight is 282 g/mol. The summed E-state index contributed by atoms with van der Waals surface area (Å²) in [4.78, 5) is 29.3. The van der Waals surface area contributed by atoms with E-state index < -0.39 is 0 Å². The first-order valence-corrected chi connectivity index (χ1v) is 6.50. The number of benzene rings is 1. The Kier molecular flexibility index (Phi) is 3.27. The molecule has 0 saturated carbocycles. The van der Waals surface area contributed by atoms with E-state index in [1.807, 2.05) is 6.07 Å². The van der Waals surface area contributed by atoms with E-state index >= 15 is 0 Å². The lowest BCUT2D eigenvalue weighted by Gasteiger charge is -2.16. The summed E-state index contributed by atoms with van der Waals surface area (Å²) in [6.45, 7) is 0.390. The number of nitrogens with one attached hydrogen (secondary N) is 2. The van der Waals surface area contributed by atoms with Gasteiger partial charge in [0, 0.05) is 42.5 Å². The zero-order chi connectivity index (χ0) is 14.8. The molecule has 0 radical (unpaired) electrons. The second kappa shape index (κ2) is 5.24. The molecule has 0 aliphatic heterocycles. The topological polar surface area (TPSA) is 81.8 Å². The molecular weight excluding hydrogens is 268 g/mol. The van der Waals surface area contributed by atoms with Crippen molar-refractivity contribution in [3.8, 4) is 0 Å². The first kappa shape index (κ1) is 13.1. The maximum Gasteiger partial charge on any atom is 0.259 e. The number of carbonyl (C=O) groups is 1. The molecular formula is C15H14N4O2. The fourth-order valence-corrected chi connectivity index (χ4v) is 2.24. The minimum absolute atomic E-state index is 0.139. The minimum Gasteiger partial charge on any atom is -0.360 e. The monoisotopic (exact) mass is 282 g/mol. The van der Waals surface area contributed by atoms with Crippen molar-refractivity contribution in [1.29, 1.82) is 0 Å². The van der Waals surface area contributed by atoms with Gasteiger partial charge in [0.15, 0.2) is 0 Å². The number of aromatic amines is 2. The Balaban J connectivity index is 1.94. The summed E-state index contributed by atoms with van der Waals surface area (Å²) in [5.41, 5.74) is 1.48. The summed E-state index contributed by atoms with van der Waals surface area (Å²) >= 11 is 0. The van der Waals surface area contributed by atoms with Gasteiger partial charge in [-0.1, -0.05) is 12.1 Å². The van der Waals surface area contributed by atoms with Crippen LogP contribution in [0.25, 0.3) is 10.9 Å². The van der Waals surface area contributed by atoms with Crippen molar-refractivity contribution in [2.45, 2.75) is 6.54 Å². The molecule has 0 fully saturated rings. The van der Waals surface area contributed by atoms with Gasteiger partial charge >= 0.3 is 0 Å². The minimum atomic E-state index is -0.316. The predicted molar refractivity (Wildman–Crippen MR) is 79.0 cm³/mol. The average Bonchev–Trinajstić information content (AvgIpc) is 3.00. The number of pyridine rings is 1. The number of para-hydroxylation sites is 1. The number of hydrogen-bond acceptors (Lipinski definition) is 3. The Morgan fingerprint density at radius 3 is 2.86 bits per heavy atom. The smallest absolute Gasteiger partial charge is 0.259 e. The molecule has 3 aromatic rings. The highest BCUT2D eigenvalue weighted by Gasteiger charge is 2.17. The molecule has 0 atom stereocenters. The highest BCUT2D eigenvalue weighted by Crippen LogP contribution is 2.09. The third-order valence-electron chi connectivity index (χ3n) is 3.34. The molecule has 0 unspecified atom stereocenters. The van der Waals surface area contributed by atoms with Gasteiger partial charge in [0.05, 0.1) is 6.20 Å². The molecule has 106 valence electrons. The molecule has 2 N–H and O–H groups in total. The van der Waals surface area contributed by atoms with Crippen molar-refractivity contribution in [3.63, 3.8) is 0 Å². The van der Waals surface area contributed by atoms with Crippen molar-refractivity contribution in [3.05, 3.63) is 64.2 Å². The Labute approximate surface area is 120 Å². The number of carbonyl (C=O) groups excluding carboxylic acids is 1. The molecule has 6 nitrogen and oxygen atoms in total. The lowest BCUT2D eigenvalue weighted by molar-refractivity contribution is 0.0783. The fourth-order valence-electron chi connectivity index (χ4n) is 2.24. The van der Waals surface area contributed by atoms with Gasteiger partial charge in [0.2, 0.25) is 5.43 Å². The van der Waals surface area contributed by atoms with Crippen LogP contribution in [0.3, 0.4) is 0 Å². The van der Waals surface area contributed by atoms with Crippen molar-refractivity contribution in [2.24, 2.45) is 0 Å². The molecule has 0 aliphatic carbocycles. The standard InChI is InChI=1S/C15H14N4O2/c1-19(9-10-6-17-18-7-10)15(21)12-8-16-13-5-3-2-4-11(13)14(12)20/h2-8H,9H2,1H3,(H,16,20)(H,17,18). The normalized spacial score (nSPS) is 10.7. The largest absolute Gasteiger partial charge is 0.360 e. The van der Waals surface area contributed by atoms with Crippen LogP contribution in [0, 0.1) is 0 Å². The number of rotatable bonds is 3. The van der Waals surface area contributed by atoms with Crippen molar-refractivity contribution < 1.29 is 4.79 Å². The van der Waals surface area contributed by atoms with E-state index in [9.17, 15) is 9.59 Å². The molecule has 2 heterocycles. The number of nitrogens with zero attached hydrogens (tertiary/aromatic N) is 2. The summed E-state index contributed by atoms with van der Waals surface area (Å²) < 4.78 is 0. The van der Waals surface area contributed by atoms with E-state index in [-0.39, 0.29) is 16.9 Å². The van der Waals surface area contributed by atoms with Crippen LogP contribution in [-0.4, -0.2) is 33.0 Å². The van der Waals surface area contributed by atoms with E-state index in [4.69, 9.17) is 0 Å². The van der Waals surface area contributed by atoms with Gasteiger partial charge in [-0.15, -0.1) is 0 Å². The maximum atomic E-state index is 12.4. The van der Waals surface area contributed by atoms with Crippen LogP contribution in [0.1, 0.15) is 15.9 Å². The van der Waals surface area contributed by atoms with E-state index in [0.29, 0.717) is 11.9 Å². The molecule has 1 amide bonds. The SMILES string of the molecule is CN(Cc1cn[nH]c1)C(=O)c1c[nH]c2ccccc2c1=O. The summed E-state index contributed by atoms with van der Waals surface area (Å²) in [5, 5.41) is 7.04. The number of amides is 1. The highest BCUT2D eigenvalue weighted by molar-refractivity contribution is 5.96. The van der Waals surface area contributed by atoms with Crippen LogP contribution in [0.15, 0.2) is 47.7 Å². The zero-order valence-electron chi connectivity index (χ0n) is 11.5. The van der Waals surface area contributed by atoms with Gasteiger partial charge in [-0.2, -0.15) is 5.10 Å². The first-order valence-electron chi connectivity index (χ1n) is 6.50. The van der Waals surface area contributed by atoms with Crippen LogP contribution in [0.2, 0.25) is 0 Å². The van der Waals surface area contributed by atoms with Gasteiger partial charge in [0.1, 0.15) is 5.56 Å². The lowest BCUT2D eigenvalue weighted by Crippen LogP contribution is -2.30. The van der Waals surface area contributed by atoms with E-state index in [1.54, 1.807) is 37.6 Å². The van der Waals surface area contributed by atoms with Gasteiger partial charge in [-0.05, 0) is 12.1 Å². The lowest BCUT2D eigenvalue weighted by atomic mass is 10.1. The fraction of sp³-hybridized carbons (Fsp3) is 0.133. The maximum absolute atomic E-state index is 12.4. The second-order valence-corrected chi connectivity index (χ2v) is 4.84. The van der Waals surface area contributed by atoms with Crippen molar-refractivity contribution in [1.82, 2.24) is 20.1 Å². The van der Waals surface area contributed by atoms with Crippen LogP contribution >= 0.6 is 0 Å². The van der Waals surface area contributed by atoms with E-state index in [1.165, 1.54) is 11.1 Å². The number of hydrogen-bond donors (Lipinski definition) is 2. The zero-order valence-corrected chi connectivity index (χ0v) is 11.5. The summed E-state index contributed by atoms with van der Waals surface area (Å²) in [6, 6.07) is 7.13. The molecule has 0 spiro atoms. The van der Waals surface area contributed by atoms with E-state index in [2.05, 4.69) is 15.2 Å². The third kappa shape index (κ3) is 2.43. The summed E-state index contributed by atoms with van der Waals surface area (Å²) in [7, 11) is 1.66.